The van der Waals surface area contributed by atoms with Crippen molar-refractivity contribution >= 4 is 58.6 Å². The summed E-state index contributed by atoms with van der Waals surface area (Å²) in [5.74, 6) is -0.158. The van der Waals surface area contributed by atoms with Gasteiger partial charge in [0.25, 0.3) is 11.1 Å². The average Bonchev–Trinajstić information content (AvgIpc) is 3.43. The van der Waals surface area contributed by atoms with E-state index in [1.807, 2.05) is 36.4 Å². The molecule has 3 aliphatic heterocycles. The van der Waals surface area contributed by atoms with Gasteiger partial charge in [0, 0.05) is 42.3 Å². The number of morpholine rings is 1. The molecule has 1 aromatic carbocycles. The van der Waals surface area contributed by atoms with E-state index in [4.69, 9.17) is 4.74 Å². The second-order valence-electron chi connectivity index (χ2n) is 7.75. The zero-order valence-electron chi connectivity index (χ0n) is 17.3. The highest BCUT2D eigenvalue weighted by Crippen LogP contribution is 2.34. The van der Waals surface area contributed by atoms with Crippen LogP contribution in [-0.4, -0.2) is 63.9 Å². The zero-order valence-corrected chi connectivity index (χ0v) is 18.9. The molecule has 0 spiro atoms. The second-order valence-corrected chi connectivity index (χ2v) is 8.68. The monoisotopic (exact) mass is 474 g/mol. The number of H-pyrrole nitrogens is 1. The number of hydrogen-bond acceptors (Lipinski definition) is 6. The Morgan fingerprint density at radius 3 is 2.62 bits per heavy atom. The third kappa shape index (κ3) is 4.61. The summed E-state index contributed by atoms with van der Waals surface area (Å²) >= 11 is 1.02. The maximum absolute atomic E-state index is 12.6. The van der Waals surface area contributed by atoms with E-state index in [9.17, 15) is 14.4 Å². The van der Waals surface area contributed by atoms with Crippen LogP contribution in [0.5, 0.6) is 0 Å². The Balaban J connectivity index is 0.00000245. The van der Waals surface area contributed by atoms with Crippen molar-refractivity contribution in [2.45, 2.75) is 13.1 Å². The van der Waals surface area contributed by atoms with Crippen molar-refractivity contribution in [3.8, 4) is 0 Å². The van der Waals surface area contributed by atoms with Crippen molar-refractivity contribution in [3.63, 3.8) is 0 Å². The number of nitrogens with one attached hydrogen (secondary N) is 2. The van der Waals surface area contributed by atoms with Crippen LogP contribution >= 0.6 is 24.2 Å². The van der Waals surface area contributed by atoms with Gasteiger partial charge in [0.15, 0.2) is 0 Å². The van der Waals surface area contributed by atoms with E-state index in [-0.39, 0.29) is 41.8 Å². The van der Waals surface area contributed by atoms with Gasteiger partial charge in [-0.05, 0) is 35.9 Å². The molecule has 8 nitrogen and oxygen atoms in total. The molecule has 0 radical (unpaired) electrons. The van der Waals surface area contributed by atoms with Crippen molar-refractivity contribution in [1.82, 2.24) is 14.8 Å². The van der Waals surface area contributed by atoms with Crippen LogP contribution in [0.1, 0.15) is 22.5 Å². The number of halogens is 1. The SMILES string of the molecule is Cl.O=C1Nc2ccc(CN3C(=O)CSC3=O)cc2/C1=C\c1ccc(CN2CCOCC2)[nH]1. The first-order chi connectivity index (χ1) is 15.1. The highest BCUT2D eigenvalue weighted by atomic mass is 35.5. The molecule has 0 bridgehead atoms. The van der Waals surface area contributed by atoms with E-state index in [0.29, 0.717) is 5.57 Å². The number of anilines is 1. The van der Waals surface area contributed by atoms with Crippen molar-refractivity contribution in [3.05, 3.63) is 52.8 Å². The lowest BCUT2D eigenvalue weighted by Crippen LogP contribution is -2.35. The number of amides is 3. The molecular weight excluding hydrogens is 452 g/mol. The van der Waals surface area contributed by atoms with E-state index in [0.717, 1.165) is 72.8 Å². The van der Waals surface area contributed by atoms with Gasteiger partial charge in [-0.3, -0.25) is 24.2 Å². The van der Waals surface area contributed by atoms with Crippen molar-refractivity contribution in [2.24, 2.45) is 0 Å². The third-order valence-electron chi connectivity index (χ3n) is 5.61. The van der Waals surface area contributed by atoms with Crippen LogP contribution in [0.2, 0.25) is 0 Å². The topological polar surface area (TPSA) is 94.7 Å². The molecule has 10 heteroatoms. The number of imide groups is 1. The van der Waals surface area contributed by atoms with E-state index >= 15 is 0 Å². The molecular formula is C22H23ClN4O4S. The minimum atomic E-state index is -0.227. The van der Waals surface area contributed by atoms with Crippen LogP contribution in [0.25, 0.3) is 11.6 Å². The number of thioether (sulfide) groups is 1. The van der Waals surface area contributed by atoms with Gasteiger partial charge in [-0.2, -0.15) is 0 Å². The molecule has 2 N–H and O–H groups in total. The molecule has 0 atom stereocenters. The predicted octanol–water partition coefficient (Wildman–Crippen LogP) is 2.96. The Kier molecular flexibility index (Phi) is 6.71. The summed E-state index contributed by atoms with van der Waals surface area (Å²) in [7, 11) is 0. The summed E-state index contributed by atoms with van der Waals surface area (Å²) in [5, 5.41) is 2.66. The number of aromatic nitrogens is 1. The van der Waals surface area contributed by atoms with Crippen LogP contribution in [0, 0.1) is 0 Å². The number of rotatable bonds is 5. The van der Waals surface area contributed by atoms with Crippen molar-refractivity contribution in [2.75, 3.05) is 37.4 Å². The van der Waals surface area contributed by atoms with Gasteiger partial charge in [0.05, 0.1) is 31.1 Å². The Labute approximate surface area is 195 Å². The minimum Gasteiger partial charge on any atom is -0.379 e. The molecule has 2 fully saturated rings. The van der Waals surface area contributed by atoms with Gasteiger partial charge < -0.3 is 15.0 Å². The van der Waals surface area contributed by atoms with Gasteiger partial charge in [-0.25, -0.2) is 0 Å². The Bertz CT molecular complexity index is 1080. The Hall–Kier alpha value is -2.59. The average molecular weight is 475 g/mol. The van der Waals surface area contributed by atoms with Gasteiger partial charge in [-0.15, -0.1) is 12.4 Å². The Morgan fingerprint density at radius 1 is 1.06 bits per heavy atom. The first-order valence-corrected chi connectivity index (χ1v) is 11.2. The summed E-state index contributed by atoms with van der Waals surface area (Å²) in [6, 6.07) is 9.53. The normalized spacial score (nSPS) is 19.9. The number of nitrogens with zero attached hydrogens (tertiary/aromatic N) is 2. The van der Waals surface area contributed by atoms with Crippen molar-refractivity contribution < 1.29 is 19.1 Å². The number of hydrogen-bond donors (Lipinski definition) is 2. The molecule has 168 valence electrons. The molecule has 32 heavy (non-hydrogen) atoms. The smallest absolute Gasteiger partial charge is 0.289 e. The molecule has 0 aliphatic carbocycles. The summed E-state index contributed by atoms with van der Waals surface area (Å²) in [6.45, 7) is 4.36. The predicted molar refractivity (Wildman–Crippen MR) is 125 cm³/mol. The maximum Gasteiger partial charge on any atom is 0.289 e. The zero-order chi connectivity index (χ0) is 21.4. The molecule has 0 unspecified atom stereocenters. The van der Waals surface area contributed by atoms with Gasteiger partial charge in [0.2, 0.25) is 5.91 Å². The lowest BCUT2D eigenvalue weighted by atomic mass is 10.0. The standard InChI is InChI=1S/C22H22N4O4S.ClH/c27-20-13-31-22(29)26(20)11-14-1-4-19-17(9-14)18(21(28)24-19)10-15-2-3-16(23-15)12-25-5-7-30-8-6-25;/h1-4,9-10,23H,5-8,11-13H2,(H,24,28);1H/b18-10+;. The lowest BCUT2D eigenvalue weighted by Gasteiger charge is -2.25. The van der Waals surface area contributed by atoms with Gasteiger partial charge >= 0.3 is 0 Å². The summed E-state index contributed by atoms with van der Waals surface area (Å²) < 4.78 is 5.39. The van der Waals surface area contributed by atoms with E-state index in [1.165, 1.54) is 4.90 Å². The molecule has 1 aromatic heterocycles. The first-order valence-electron chi connectivity index (χ1n) is 10.2. The number of aromatic amines is 1. The fourth-order valence-corrected chi connectivity index (χ4v) is 4.71. The molecule has 0 saturated carbocycles. The lowest BCUT2D eigenvalue weighted by molar-refractivity contribution is -0.125. The number of ether oxygens (including phenoxy) is 1. The van der Waals surface area contributed by atoms with Crippen LogP contribution in [-0.2, 0) is 27.4 Å². The highest BCUT2D eigenvalue weighted by Gasteiger charge is 2.31. The molecule has 4 heterocycles. The maximum atomic E-state index is 12.6. The first kappa shape index (κ1) is 22.6. The van der Waals surface area contributed by atoms with Gasteiger partial charge in [-0.1, -0.05) is 17.8 Å². The molecule has 2 aromatic rings. The molecule has 2 saturated heterocycles. The summed E-state index contributed by atoms with van der Waals surface area (Å²) in [5.41, 5.74) is 4.82. The highest BCUT2D eigenvalue weighted by molar-refractivity contribution is 8.14. The molecule has 3 aliphatic rings. The van der Waals surface area contributed by atoms with Crippen LogP contribution in [0.4, 0.5) is 10.5 Å². The number of benzene rings is 1. The minimum absolute atomic E-state index is 0. The van der Waals surface area contributed by atoms with E-state index < -0.39 is 0 Å². The van der Waals surface area contributed by atoms with Crippen molar-refractivity contribution in [1.29, 1.82) is 0 Å². The Morgan fingerprint density at radius 2 is 1.88 bits per heavy atom. The summed E-state index contributed by atoms with van der Waals surface area (Å²) in [4.78, 5) is 43.4. The largest absolute Gasteiger partial charge is 0.379 e. The van der Waals surface area contributed by atoms with Crippen LogP contribution in [0.15, 0.2) is 30.3 Å². The van der Waals surface area contributed by atoms with E-state index in [2.05, 4.69) is 15.2 Å². The quantitative estimate of drug-likeness (QED) is 0.647. The fourth-order valence-electron chi connectivity index (χ4n) is 3.98. The van der Waals surface area contributed by atoms with Crippen LogP contribution < -0.4 is 5.32 Å². The van der Waals surface area contributed by atoms with E-state index in [1.54, 1.807) is 0 Å². The number of carbonyl (C=O) groups excluding carboxylic acids is 3. The number of carbonyl (C=O) groups is 3. The second kappa shape index (κ2) is 9.50. The third-order valence-corrected chi connectivity index (χ3v) is 6.47. The molecule has 5 rings (SSSR count). The fraction of sp³-hybridized carbons (Fsp3) is 0.318. The van der Waals surface area contributed by atoms with Gasteiger partial charge in [0.1, 0.15) is 0 Å². The van der Waals surface area contributed by atoms with Crippen LogP contribution in [0.3, 0.4) is 0 Å². The number of fused-ring (bicyclic) bond motifs is 1. The molecule has 3 amide bonds. The summed E-state index contributed by atoms with van der Waals surface area (Å²) in [6.07, 6.45) is 1.84.